The van der Waals surface area contributed by atoms with Crippen molar-refractivity contribution in [2.45, 2.75) is 51.1 Å². The third-order valence-corrected chi connectivity index (χ3v) is 8.36. The molecule has 7 heteroatoms. The van der Waals surface area contributed by atoms with Crippen molar-refractivity contribution in [1.29, 1.82) is 0 Å². The predicted octanol–water partition coefficient (Wildman–Crippen LogP) is 6.85. The number of aromatic nitrogens is 1. The van der Waals surface area contributed by atoms with Gasteiger partial charge >= 0.3 is 0 Å². The molecule has 0 radical (unpaired) electrons. The largest absolute Gasteiger partial charge is 0.497 e. The molecule has 0 aliphatic carbocycles. The lowest BCUT2D eigenvalue weighted by molar-refractivity contribution is 0.0298. The lowest BCUT2D eigenvalue weighted by Crippen LogP contribution is -2.42. The van der Waals surface area contributed by atoms with Gasteiger partial charge < -0.3 is 14.7 Å². The van der Waals surface area contributed by atoms with Crippen molar-refractivity contribution in [2.24, 2.45) is 5.41 Å². The summed E-state index contributed by atoms with van der Waals surface area (Å²) in [5.41, 5.74) is 2.39. The van der Waals surface area contributed by atoms with E-state index in [2.05, 4.69) is 26.7 Å². The zero-order valence-electron chi connectivity index (χ0n) is 19.8. The van der Waals surface area contributed by atoms with Crippen LogP contribution >= 0.6 is 22.9 Å². The Morgan fingerprint density at radius 1 is 1.26 bits per heavy atom. The predicted molar refractivity (Wildman–Crippen MR) is 139 cm³/mol. The standard InChI is InChI=1S/C27H34ClFN2O2S/c1-33-21-5-6-25-22(16-21)26(23(28)17-30-25)24(29)7-9-27(19-32)10-13-31(14-11-27)12-3-2-4-20-8-15-34-18-20/h5-6,8,15-18,24,32H,2-4,7,9-14,19H2,1H3/t24-/m1/s1. The van der Waals surface area contributed by atoms with Crippen molar-refractivity contribution < 1.29 is 14.2 Å². The summed E-state index contributed by atoms with van der Waals surface area (Å²) >= 11 is 8.16. The number of pyridine rings is 1. The Labute approximate surface area is 210 Å². The number of hydrogen-bond donors (Lipinski definition) is 1. The van der Waals surface area contributed by atoms with Crippen LogP contribution in [0.2, 0.25) is 5.02 Å². The van der Waals surface area contributed by atoms with Crippen LogP contribution in [-0.2, 0) is 6.42 Å². The average molecular weight is 505 g/mol. The van der Waals surface area contributed by atoms with Crippen LogP contribution in [0.15, 0.2) is 41.2 Å². The van der Waals surface area contributed by atoms with Gasteiger partial charge in [0, 0.05) is 23.8 Å². The summed E-state index contributed by atoms with van der Waals surface area (Å²) in [6.07, 6.45) is 6.62. The Kier molecular flexibility index (Phi) is 8.81. The Morgan fingerprint density at radius 3 is 2.79 bits per heavy atom. The van der Waals surface area contributed by atoms with Crippen molar-refractivity contribution in [3.8, 4) is 5.75 Å². The molecule has 3 aromatic rings. The molecule has 184 valence electrons. The summed E-state index contributed by atoms with van der Waals surface area (Å²) in [6, 6.07) is 7.65. The van der Waals surface area contributed by atoms with Crippen molar-refractivity contribution in [3.05, 3.63) is 57.4 Å². The minimum absolute atomic E-state index is 0.102. The van der Waals surface area contributed by atoms with Crippen LogP contribution in [0.4, 0.5) is 4.39 Å². The second kappa shape index (κ2) is 11.8. The highest BCUT2D eigenvalue weighted by Gasteiger charge is 2.35. The molecule has 3 heterocycles. The van der Waals surface area contributed by atoms with Gasteiger partial charge in [0.25, 0.3) is 0 Å². The molecule has 1 N–H and O–H groups in total. The molecule has 1 fully saturated rings. The van der Waals surface area contributed by atoms with E-state index in [1.807, 2.05) is 12.1 Å². The first-order valence-electron chi connectivity index (χ1n) is 12.1. The first kappa shape index (κ1) is 25.4. The number of aliphatic hydroxyl groups is 1. The number of unbranched alkanes of at least 4 members (excludes halogenated alkanes) is 1. The van der Waals surface area contributed by atoms with Gasteiger partial charge in [-0.15, -0.1) is 0 Å². The number of halogens is 2. The van der Waals surface area contributed by atoms with Crippen molar-refractivity contribution in [1.82, 2.24) is 9.88 Å². The Hall–Kier alpha value is -1.73. The van der Waals surface area contributed by atoms with Crippen LogP contribution in [0, 0.1) is 5.41 Å². The molecule has 1 atom stereocenters. The van der Waals surface area contributed by atoms with E-state index in [1.54, 1.807) is 24.5 Å². The fourth-order valence-corrected chi connectivity index (χ4v) is 6.00. The van der Waals surface area contributed by atoms with Gasteiger partial charge in [-0.3, -0.25) is 4.98 Å². The molecule has 1 saturated heterocycles. The molecule has 0 spiro atoms. The lowest BCUT2D eigenvalue weighted by Gasteiger charge is -2.41. The van der Waals surface area contributed by atoms with Crippen molar-refractivity contribution >= 4 is 33.8 Å². The normalized spacial score (nSPS) is 17.2. The summed E-state index contributed by atoms with van der Waals surface area (Å²) in [4.78, 5) is 6.83. The van der Waals surface area contributed by atoms with Gasteiger partial charge in [-0.2, -0.15) is 11.3 Å². The molecule has 1 aliphatic rings. The molecule has 1 aromatic carbocycles. The number of rotatable bonds is 11. The number of ether oxygens (including phenoxy) is 1. The third-order valence-electron chi connectivity index (χ3n) is 7.33. The fraction of sp³-hybridized carbons (Fsp3) is 0.519. The molecule has 4 rings (SSSR count). The van der Waals surface area contributed by atoms with Gasteiger partial charge in [0.2, 0.25) is 0 Å². The second-order valence-electron chi connectivity index (χ2n) is 9.50. The number of aliphatic hydroxyl groups excluding tert-OH is 1. The minimum atomic E-state index is -1.22. The summed E-state index contributed by atoms with van der Waals surface area (Å²) < 4.78 is 20.9. The average Bonchev–Trinajstić information content (AvgIpc) is 3.39. The summed E-state index contributed by atoms with van der Waals surface area (Å²) in [5.74, 6) is 0.652. The number of hydrogen-bond acceptors (Lipinski definition) is 5. The molecule has 0 bridgehead atoms. The van der Waals surface area contributed by atoms with E-state index in [4.69, 9.17) is 16.3 Å². The highest BCUT2D eigenvalue weighted by atomic mass is 35.5. The number of aryl methyl sites for hydroxylation is 1. The number of alkyl halides is 1. The van der Waals surface area contributed by atoms with E-state index >= 15 is 4.39 Å². The van der Waals surface area contributed by atoms with Crippen LogP contribution in [-0.4, -0.2) is 48.3 Å². The van der Waals surface area contributed by atoms with Crippen LogP contribution in [0.25, 0.3) is 10.9 Å². The highest BCUT2D eigenvalue weighted by Crippen LogP contribution is 2.41. The minimum Gasteiger partial charge on any atom is -0.497 e. The number of methoxy groups -OCH3 is 1. The Balaban J connectivity index is 1.31. The van der Waals surface area contributed by atoms with Crippen molar-refractivity contribution in [3.63, 3.8) is 0 Å². The van der Waals surface area contributed by atoms with Crippen LogP contribution in [0.1, 0.15) is 55.8 Å². The van der Waals surface area contributed by atoms with Crippen LogP contribution < -0.4 is 4.74 Å². The quantitative estimate of drug-likeness (QED) is 0.290. The lowest BCUT2D eigenvalue weighted by atomic mass is 9.74. The molecular formula is C27H34ClFN2O2S. The second-order valence-corrected chi connectivity index (χ2v) is 10.7. The van der Waals surface area contributed by atoms with E-state index in [9.17, 15) is 5.11 Å². The molecule has 0 saturated carbocycles. The molecule has 0 unspecified atom stereocenters. The maximum atomic E-state index is 15.6. The van der Waals surface area contributed by atoms with Gasteiger partial charge in [-0.25, -0.2) is 4.39 Å². The number of thiophene rings is 1. The van der Waals surface area contributed by atoms with E-state index in [0.717, 1.165) is 38.9 Å². The van der Waals surface area contributed by atoms with E-state index < -0.39 is 6.17 Å². The SMILES string of the molecule is COc1ccc2ncc(Cl)c([C@H](F)CCC3(CO)CCN(CCCCc4ccsc4)CC3)c2c1. The van der Waals surface area contributed by atoms with Gasteiger partial charge in [0.1, 0.15) is 11.9 Å². The van der Waals surface area contributed by atoms with Crippen LogP contribution in [0.5, 0.6) is 5.75 Å². The maximum Gasteiger partial charge on any atom is 0.127 e. The Bertz CT molecular complexity index is 1050. The van der Waals surface area contributed by atoms with Gasteiger partial charge in [-0.1, -0.05) is 11.6 Å². The molecule has 0 amide bonds. The number of likely N-dealkylation sites (tertiary alicyclic amines) is 1. The van der Waals surface area contributed by atoms with Gasteiger partial charge in [-0.05, 0) is 111 Å². The smallest absolute Gasteiger partial charge is 0.127 e. The summed E-state index contributed by atoms with van der Waals surface area (Å²) in [6.45, 7) is 3.13. The van der Waals surface area contributed by atoms with Gasteiger partial charge in [0.05, 0.1) is 17.6 Å². The fourth-order valence-electron chi connectivity index (χ4n) is 5.03. The first-order chi connectivity index (χ1) is 16.5. The van der Waals surface area contributed by atoms with E-state index in [-0.39, 0.29) is 12.0 Å². The zero-order chi connectivity index (χ0) is 24.0. The highest BCUT2D eigenvalue weighted by molar-refractivity contribution is 7.07. The first-order valence-corrected chi connectivity index (χ1v) is 13.5. The zero-order valence-corrected chi connectivity index (χ0v) is 21.4. The van der Waals surface area contributed by atoms with Crippen molar-refractivity contribution in [2.75, 3.05) is 33.4 Å². The van der Waals surface area contributed by atoms with E-state index in [0.29, 0.717) is 40.1 Å². The Morgan fingerprint density at radius 2 is 2.09 bits per heavy atom. The topological polar surface area (TPSA) is 45.6 Å². The van der Waals surface area contributed by atoms with Gasteiger partial charge in [0.15, 0.2) is 0 Å². The molecule has 34 heavy (non-hydrogen) atoms. The molecule has 4 nitrogen and oxygen atoms in total. The molecule has 1 aliphatic heterocycles. The third kappa shape index (κ3) is 6.09. The summed E-state index contributed by atoms with van der Waals surface area (Å²) in [7, 11) is 1.59. The molecular weight excluding hydrogens is 471 g/mol. The monoisotopic (exact) mass is 504 g/mol. The number of fused-ring (bicyclic) bond motifs is 1. The molecule has 2 aromatic heterocycles. The number of nitrogens with zero attached hydrogens (tertiary/aromatic N) is 2. The number of piperidine rings is 1. The summed E-state index contributed by atoms with van der Waals surface area (Å²) in [5, 5.41) is 15.6. The van der Waals surface area contributed by atoms with E-state index in [1.165, 1.54) is 24.6 Å². The number of benzene rings is 1. The van der Waals surface area contributed by atoms with Crippen LogP contribution in [0.3, 0.4) is 0 Å². The maximum absolute atomic E-state index is 15.6.